The summed E-state index contributed by atoms with van der Waals surface area (Å²) in [5, 5.41) is 30.5. The summed E-state index contributed by atoms with van der Waals surface area (Å²) in [4.78, 5) is 61.2. The van der Waals surface area contributed by atoms with E-state index in [9.17, 15) is 24.6 Å². The van der Waals surface area contributed by atoms with Gasteiger partial charge in [0.1, 0.15) is 29.4 Å². The average molecular weight is 855 g/mol. The molecule has 16 heteroatoms. The van der Waals surface area contributed by atoms with Gasteiger partial charge < -0.3 is 43.6 Å². The summed E-state index contributed by atoms with van der Waals surface area (Å²) in [6.45, 7) is 13.5. The molecular formula is C44H62N4O11S. The van der Waals surface area contributed by atoms with E-state index in [1.54, 1.807) is 38.3 Å². The molecule has 4 bridgehead atoms. The van der Waals surface area contributed by atoms with Crippen LogP contribution in [0.4, 0.5) is 0 Å². The monoisotopic (exact) mass is 854 g/mol. The molecule has 2 aromatic heterocycles. The zero-order chi connectivity index (χ0) is 43.7. The predicted octanol–water partition coefficient (Wildman–Crippen LogP) is 4.65. The second kappa shape index (κ2) is 18.9. The second-order valence-electron chi connectivity index (χ2n) is 17.7. The van der Waals surface area contributed by atoms with Gasteiger partial charge in [-0.15, -0.1) is 11.3 Å². The number of likely N-dealkylation sites (N-methyl/N-ethyl adjacent to an activating group) is 1. The van der Waals surface area contributed by atoms with Crippen molar-refractivity contribution in [3.63, 3.8) is 0 Å². The number of esters is 1. The number of fused-ring (bicyclic) bond motifs is 4. The molecule has 2 N–H and O–H groups in total. The van der Waals surface area contributed by atoms with Crippen molar-refractivity contribution in [3.05, 3.63) is 41.4 Å². The van der Waals surface area contributed by atoms with E-state index in [-0.39, 0.29) is 50.3 Å². The minimum absolute atomic E-state index is 0.116. The topological polar surface area (TPSA) is 188 Å². The number of aliphatic imine (C=N–C) groups is 1. The van der Waals surface area contributed by atoms with Crippen LogP contribution < -0.4 is 0 Å². The number of ketones is 1. The largest absolute Gasteiger partial charge is 0.459 e. The number of aliphatic hydroxyl groups is 2. The Morgan fingerprint density at radius 2 is 1.78 bits per heavy atom. The number of Topliss-reactive ketones (excluding diaryl/α,β-unsaturated/α-hetero) is 1. The van der Waals surface area contributed by atoms with Crippen LogP contribution in [0.25, 0.3) is 10.6 Å². The predicted molar refractivity (Wildman–Crippen MR) is 224 cm³/mol. The van der Waals surface area contributed by atoms with Gasteiger partial charge in [-0.05, 0) is 90.0 Å². The number of aliphatic hydroxyl groups excluding tert-OH is 1. The molecule has 1 amide bonds. The summed E-state index contributed by atoms with van der Waals surface area (Å²) in [6, 6.07) is 7.43. The number of amides is 1. The Morgan fingerprint density at radius 3 is 2.43 bits per heavy atom. The third-order valence-corrected chi connectivity index (χ3v) is 13.6. The van der Waals surface area contributed by atoms with Gasteiger partial charge in [0.05, 0.1) is 47.7 Å². The standard InChI is InChI=1S/C44H62N4O11S/c1-11-34-44(8,53)39-25(4)35-23(2)19-43(7,38(26(5)36(49)27(6)41(52)57-34)58-42-37(50)31(48(9)10)17-24(3)56-42)55-22-29(21-54-39)47-59-32(40(51)46-35)18-28-14-15-30(45-20-28)33-13-12-16-60-33/h12-16,20,23-27,31-32,34,37-39,42,50,53H,11,17-19,21-22H2,1-10H3/b46-35?,47-29+/t23-,24-,25-,26+,27-,31+,32?,34-,37-,38-,39+,42+,43-,44-/m1/s1. The fourth-order valence-corrected chi connectivity index (χ4v) is 9.96. The number of oxime groups is 1. The van der Waals surface area contributed by atoms with Gasteiger partial charge in [-0.2, -0.15) is 0 Å². The molecule has 6 rings (SSSR count). The smallest absolute Gasteiger partial charge is 0.316 e. The molecule has 3 saturated heterocycles. The van der Waals surface area contributed by atoms with Crippen molar-refractivity contribution in [1.29, 1.82) is 0 Å². The van der Waals surface area contributed by atoms with Gasteiger partial charge >= 0.3 is 5.97 Å². The summed E-state index contributed by atoms with van der Waals surface area (Å²) in [5.41, 5.74) is -1.03. The third-order valence-electron chi connectivity index (χ3n) is 12.7. The zero-order valence-corrected chi connectivity index (χ0v) is 37.2. The van der Waals surface area contributed by atoms with E-state index in [2.05, 4.69) is 10.1 Å². The number of rotatable bonds is 7. The number of thiophene rings is 1. The number of aromatic nitrogens is 1. The van der Waals surface area contributed by atoms with Crippen LogP contribution >= 0.6 is 11.3 Å². The van der Waals surface area contributed by atoms with Crippen molar-refractivity contribution >= 4 is 40.4 Å². The first-order chi connectivity index (χ1) is 28.3. The highest BCUT2D eigenvalue weighted by atomic mass is 32.1. The van der Waals surface area contributed by atoms with Crippen molar-refractivity contribution in [2.24, 2.45) is 33.8 Å². The van der Waals surface area contributed by atoms with Crippen LogP contribution in [-0.2, 0) is 49.3 Å². The lowest BCUT2D eigenvalue weighted by Crippen LogP contribution is -2.60. The summed E-state index contributed by atoms with van der Waals surface area (Å²) in [6.07, 6.45) is -4.30. The van der Waals surface area contributed by atoms with Gasteiger partial charge in [0.15, 0.2) is 12.1 Å². The molecule has 4 aliphatic heterocycles. The number of hydrogen-bond acceptors (Lipinski definition) is 15. The van der Waals surface area contributed by atoms with Gasteiger partial charge in [-0.3, -0.25) is 19.4 Å². The quantitative estimate of drug-likeness (QED) is 0.290. The number of ether oxygens (including phenoxy) is 5. The maximum absolute atomic E-state index is 14.5. The van der Waals surface area contributed by atoms with Gasteiger partial charge in [0, 0.05) is 36.2 Å². The third kappa shape index (κ3) is 9.76. The molecule has 330 valence electrons. The Labute approximate surface area is 356 Å². The number of hydrogen-bond donors (Lipinski definition) is 2. The van der Waals surface area contributed by atoms with Gasteiger partial charge in [0.2, 0.25) is 6.10 Å². The lowest BCUT2D eigenvalue weighted by atomic mass is 9.73. The van der Waals surface area contributed by atoms with E-state index >= 15 is 0 Å². The lowest BCUT2D eigenvalue weighted by Gasteiger charge is -2.47. The van der Waals surface area contributed by atoms with Crippen molar-refractivity contribution in [2.45, 2.75) is 141 Å². The summed E-state index contributed by atoms with van der Waals surface area (Å²) < 4.78 is 32.5. The Kier molecular flexibility index (Phi) is 14.5. The molecule has 60 heavy (non-hydrogen) atoms. The highest BCUT2D eigenvalue weighted by Gasteiger charge is 2.53. The molecule has 0 aromatic carbocycles. The van der Waals surface area contributed by atoms with Crippen LogP contribution in [0.2, 0.25) is 0 Å². The van der Waals surface area contributed by atoms with Crippen molar-refractivity contribution in [1.82, 2.24) is 9.88 Å². The molecule has 0 spiro atoms. The first-order valence-electron chi connectivity index (χ1n) is 21.0. The van der Waals surface area contributed by atoms with E-state index in [1.807, 2.05) is 69.4 Å². The molecule has 6 heterocycles. The highest BCUT2D eigenvalue weighted by Crippen LogP contribution is 2.40. The van der Waals surface area contributed by atoms with Gasteiger partial charge in [0.25, 0.3) is 5.91 Å². The lowest BCUT2D eigenvalue weighted by molar-refractivity contribution is -0.296. The van der Waals surface area contributed by atoms with Crippen LogP contribution in [0, 0.1) is 23.7 Å². The minimum Gasteiger partial charge on any atom is -0.459 e. The van der Waals surface area contributed by atoms with Crippen LogP contribution in [0.15, 0.2) is 46.0 Å². The molecule has 1 unspecified atom stereocenters. The number of cyclic esters (lactones) is 1. The van der Waals surface area contributed by atoms with E-state index in [0.29, 0.717) is 12.1 Å². The molecule has 15 nitrogen and oxygen atoms in total. The van der Waals surface area contributed by atoms with Crippen molar-refractivity contribution < 1.29 is 53.1 Å². The number of pyridine rings is 1. The van der Waals surface area contributed by atoms with E-state index in [0.717, 1.165) is 16.1 Å². The number of carbonyl (C=O) groups is 3. The van der Waals surface area contributed by atoms with Gasteiger partial charge in [-0.25, -0.2) is 4.99 Å². The first-order valence-corrected chi connectivity index (χ1v) is 21.9. The van der Waals surface area contributed by atoms with E-state index in [4.69, 9.17) is 33.5 Å². The van der Waals surface area contributed by atoms with Crippen LogP contribution in [-0.4, -0.2) is 137 Å². The molecule has 0 radical (unpaired) electrons. The SMILES string of the molecule is CC[C@H]1OC(=O)[C@H](C)C(=O)[C@H](C)[C@@H](O[C@@H]2O[C@H](C)C[C@H](N(C)C)[C@H]2O)[C@@]2(C)C[C@@H](C)C3=NC(=O)C(Cc4ccc(-c5cccs5)nc4)O/N=C(\CO[C@@H]([C@@H]3C)[C@]1(C)O)CO2. The molecule has 14 atom stereocenters. The molecule has 0 aliphatic carbocycles. The van der Waals surface area contributed by atoms with Crippen LogP contribution in [0.3, 0.4) is 0 Å². The van der Waals surface area contributed by atoms with Gasteiger partial charge in [-0.1, -0.05) is 45.0 Å². The highest BCUT2D eigenvalue weighted by molar-refractivity contribution is 7.13. The molecule has 0 saturated carbocycles. The molecule has 4 aliphatic rings. The molecule has 2 aromatic rings. The van der Waals surface area contributed by atoms with E-state index in [1.165, 1.54) is 13.8 Å². The Hall–Kier alpha value is -3.48. The summed E-state index contributed by atoms with van der Waals surface area (Å²) in [5.74, 6) is -5.45. The number of carbonyl (C=O) groups excluding carboxylic acids is 3. The first kappa shape index (κ1) is 46.0. The average Bonchev–Trinajstić information content (AvgIpc) is 3.74. The number of nitrogens with zero attached hydrogens (tertiary/aromatic N) is 4. The van der Waals surface area contributed by atoms with Crippen molar-refractivity contribution in [3.8, 4) is 10.6 Å². The maximum Gasteiger partial charge on any atom is 0.316 e. The zero-order valence-electron chi connectivity index (χ0n) is 36.4. The minimum atomic E-state index is -1.83. The second-order valence-corrected chi connectivity index (χ2v) is 18.6. The fraction of sp³-hybridized carbons (Fsp3) is 0.682. The Morgan fingerprint density at radius 1 is 1.03 bits per heavy atom. The fourth-order valence-electron chi connectivity index (χ4n) is 9.26. The Balaban J connectivity index is 1.47. The van der Waals surface area contributed by atoms with Crippen molar-refractivity contribution in [2.75, 3.05) is 27.3 Å². The Bertz CT molecular complexity index is 1890. The summed E-state index contributed by atoms with van der Waals surface area (Å²) in [7, 11) is 3.74. The molecule has 3 fully saturated rings. The summed E-state index contributed by atoms with van der Waals surface area (Å²) >= 11 is 1.58. The maximum atomic E-state index is 14.5. The van der Waals surface area contributed by atoms with E-state index < -0.39 is 89.3 Å². The normalized spacial score (nSPS) is 39.5. The van der Waals surface area contributed by atoms with Crippen LogP contribution in [0.1, 0.15) is 80.2 Å². The van der Waals surface area contributed by atoms with Crippen LogP contribution in [0.5, 0.6) is 0 Å². The molecular weight excluding hydrogens is 793 g/mol.